The molecule has 8 nitrogen and oxygen atoms in total. The largest absolute Gasteiger partial charge is 0.358 e. The van der Waals surface area contributed by atoms with Gasteiger partial charge in [0, 0.05) is 11.1 Å². The number of nitrogens with zero attached hydrogens (tertiary/aromatic N) is 4. The first kappa shape index (κ1) is 14.8. The molecule has 10 heteroatoms. The predicted octanol–water partition coefficient (Wildman–Crippen LogP) is 1.60. The molecule has 2 unspecified atom stereocenters. The minimum absolute atomic E-state index is 0.112. The fraction of sp³-hybridized carbons (Fsp3) is 0.400. The van der Waals surface area contributed by atoms with Crippen LogP contribution < -0.4 is 0 Å². The summed E-state index contributed by atoms with van der Waals surface area (Å²) in [5, 5.41) is 10.5. The smallest absolute Gasteiger partial charge is 0.342 e. The van der Waals surface area contributed by atoms with Gasteiger partial charge in [-0.25, -0.2) is 18.7 Å². The van der Waals surface area contributed by atoms with E-state index >= 15 is 0 Å². The number of aromatic nitrogens is 3. The van der Waals surface area contributed by atoms with Gasteiger partial charge in [0.05, 0.1) is 13.5 Å². The molecule has 0 aliphatic rings. The second kappa shape index (κ2) is 5.77. The van der Waals surface area contributed by atoms with E-state index in [0.717, 1.165) is 11.1 Å². The molecule has 2 heterocycles. The molecule has 20 heavy (non-hydrogen) atoms. The lowest BCUT2D eigenvalue weighted by Crippen LogP contribution is -2.12. The highest BCUT2D eigenvalue weighted by Gasteiger charge is 2.27. The first-order valence-electron chi connectivity index (χ1n) is 5.57. The number of hydrogen-bond donors (Lipinski definition) is 1. The molecule has 2 atom stereocenters. The summed E-state index contributed by atoms with van der Waals surface area (Å²) in [4.78, 5) is 19.2. The summed E-state index contributed by atoms with van der Waals surface area (Å²) < 4.78 is 22.2. The van der Waals surface area contributed by atoms with Gasteiger partial charge in [-0.1, -0.05) is 0 Å². The van der Waals surface area contributed by atoms with Crippen molar-refractivity contribution >= 4 is 28.2 Å². The molecule has 0 aliphatic heterocycles. The molecule has 0 aromatic carbocycles. The van der Waals surface area contributed by atoms with Gasteiger partial charge in [0.2, 0.25) is 0 Å². The van der Waals surface area contributed by atoms with Crippen molar-refractivity contribution < 1.29 is 13.7 Å². The van der Waals surface area contributed by atoms with Crippen LogP contribution in [-0.4, -0.2) is 28.2 Å². The van der Waals surface area contributed by atoms with Crippen LogP contribution in [0.1, 0.15) is 21.0 Å². The van der Waals surface area contributed by atoms with Crippen LogP contribution >= 0.6 is 11.3 Å². The lowest BCUT2D eigenvalue weighted by molar-refractivity contribution is -0.391. The molecule has 1 N–H and O–H groups in total. The third-order valence-electron chi connectivity index (χ3n) is 2.77. The van der Waals surface area contributed by atoms with Gasteiger partial charge >= 0.3 is 5.82 Å². The van der Waals surface area contributed by atoms with E-state index in [9.17, 15) is 18.9 Å². The van der Waals surface area contributed by atoms with Gasteiger partial charge in [0.15, 0.2) is 16.9 Å². The van der Waals surface area contributed by atoms with Gasteiger partial charge in [-0.05, 0) is 11.8 Å². The molecule has 2 aromatic rings. The van der Waals surface area contributed by atoms with Crippen LogP contribution in [0.25, 0.3) is 0 Å². The maximum atomic E-state index is 11.5. The Morgan fingerprint density at radius 1 is 1.55 bits per heavy atom. The molecule has 0 saturated heterocycles. The number of imidazole rings is 1. The lowest BCUT2D eigenvalue weighted by Gasteiger charge is -2.08. The van der Waals surface area contributed by atoms with E-state index in [0.29, 0.717) is 10.8 Å². The van der Waals surface area contributed by atoms with E-state index in [1.54, 1.807) is 6.20 Å². The summed E-state index contributed by atoms with van der Waals surface area (Å²) in [5.41, 5.74) is 0. The van der Waals surface area contributed by atoms with Crippen molar-refractivity contribution in [3.05, 3.63) is 38.2 Å². The predicted molar refractivity (Wildman–Crippen MR) is 73.9 cm³/mol. The van der Waals surface area contributed by atoms with E-state index in [-0.39, 0.29) is 12.2 Å². The third kappa shape index (κ3) is 2.92. The second-order valence-electron chi connectivity index (χ2n) is 4.13. The van der Waals surface area contributed by atoms with Crippen LogP contribution in [-0.2, 0) is 24.5 Å². The summed E-state index contributed by atoms with van der Waals surface area (Å²) in [7, 11) is 1.50. The van der Waals surface area contributed by atoms with Crippen molar-refractivity contribution in [3.8, 4) is 0 Å². The summed E-state index contributed by atoms with van der Waals surface area (Å²) in [6.45, 7) is 1.85. The van der Waals surface area contributed by atoms with Crippen LogP contribution in [0.15, 0.2) is 12.4 Å². The quantitative estimate of drug-likeness (QED) is 0.509. The number of nitro groups is 1. The third-order valence-corrected chi connectivity index (χ3v) is 4.83. The fourth-order valence-electron chi connectivity index (χ4n) is 1.73. The van der Waals surface area contributed by atoms with Gasteiger partial charge in [0.25, 0.3) is 0 Å². The molecule has 2 rings (SSSR count). The Morgan fingerprint density at radius 2 is 2.25 bits per heavy atom. The Hall–Kier alpha value is -1.65. The molecular weight excluding hydrogens is 304 g/mol. The standard InChI is InChI=1S/C10H12N4O4S2/c1-6-4-12-10(19-6)7(20(17)18)3-8-11-5-9(13(8)2)14(15)16/h4-5,7H,3H2,1-2H3,(H,17,18). The summed E-state index contributed by atoms with van der Waals surface area (Å²) in [6.07, 6.45) is 2.88. The average molecular weight is 316 g/mol. The topological polar surface area (TPSA) is 111 Å². The van der Waals surface area contributed by atoms with Crippen LogP contribution in [0.3, 0.4) is 0 Å². The highest BCUT2D eigenvalue weighted by molar-refractivity contribution is 7.79. The molecule has 0 spiro atoms. The van der Waals surface area contributed by atoms with E-state index in [1.165, 1.54) is 23.0 Å². The Bertz CT molecular complexity index is 666. The minimum Gasteiger partial charge on any atom is -0.358 e. The maximum absolute atomic E-state index is 11.5. The summed E-state index contributed by atoms with van der Waals surface area (Å²) >= 11 is -0.799. The zero-order valence-corrected chi connectivity index (χ0v) is 12.3. The first-order chi connectivity index (χ1) is 9.40. The Kier molecular flexibility index (Phi) is 4.26. The van der Waals surface area contributed by atoms with Crippen LogP contribution in [0.5, 0.6) is 0 Å². The number of aryl methyl sites for hydroxylation is 1. The van der Waals surface area contributed by atoms with Crippen molar-refractivity contribution in [3.63, 3.8) is 0 Å². The maximum Gasteiger partial charge on any atom is 0.342 e. The SMILES string of the molecule is Cc1cnc(C(Cc2ncc([N+](=O)[O-])n2C)S(=O)O)s1. The minimum atomic E-state index is -2.13. The van der Waals surface area contributed by atoms with Gasteiger partial charge in [-0.15, -0.1) is 11.3 Å². The van der Waals surface area contributed by atoms with Crippen LogP contribution in [0.2, 0.25) is 0 Å². The Labute approximate surface area is 120 Å². The zero-order chi connectivity index (χ0) is 14.9. The van der Waals surface area contributed by atoms with Crippen molar-refractivity contribution in [2.24, 2.45) is 7.05 Å². The van der Waals surface area contributed by atoms with Crippen molar-refractivity contribution in [1.82, 2.24) is 14.5 Å². The van der Waals surface area contributed by atoms with E-state index in [4.69, 9.17) is 0 Å². The van der Waals surface area contributed by atoms with Gasteiger partial charge in [0.1, 0.15) is 16.5 Å². The molecule has 0 radical (unpaired) electrons. The lowest BCUT2D eigenvalue weighted by atomic mass is 10.3. The molecule has 0 aliphatic carbocycles. The highest BCUT2D eigenvalue weighted by atomic mass is 32.2. The van der Waals surface area contributed by atoms with Crippen molar-refractivity contribution in [1.29, 1.82) is 0 Å². The molecule has 0 bridgehead atoms. The number of rotatable bonds is 5. The van der Waals surface area contributed by atoms with E-state index in [1.807, 2.05) is 6.92 Å². The molecule has 0 fully saturated rings. The second-order valence-corrected chi connectivity index (χ2v) is 6.51. The van der Waals surface area contributed by atoms with Gasteiger partial charge < -0.3 is 14.7 Å². The van der Waals surface area contributed by atoms with Gasteiger partial charge in [-0.2, -0.15) is 0 Å². The Morgan fingerprint density at radius 3 is 2.70 bits per heavy atom. The molecule has 108 valence electrons. The first-order valence-corrected chi connectivity index (χ1v) is 7.55. The highest BCUT2D eigenvalue weighted by Crippen LogP contribution is 2.27. The van der Waals surface area contributed by atoms with Gasteiger partial charge in [-0.3, -0.25) is 0 Å². The summed E-state index contributed by atoms with van der Waals surface area (Å²) in [5.74, 6) is 0.217. The van der Waals surface area contributed by atoms with E-state index in [2.05, 4.69) is 9.97 Å². The van der Waals surface area contributed by atoms with E-state index < -0.39 is 21.3 Å². The number of thiazole rings is 1. The van der Waals surface area contributed by atoms with Crippen molar-refractivity contribution in [2.45, 2.75) is 18.6 Å². The molecule has 0 amide bonds. The van der Waals surface area contributed by atoms with Crippen LogP contribution in [0.4, 0.5) is 5.82 Å². The molecular formula is C10H12N4O4S2. The molecule has 0 saturated carbocycles. The monoisotopic (exact) mass is 316 g/mol. The fourth-order valence-corrected chi connectivity index (χ4v) is 3.40. The number of hydrogen-bond acceptors (Lipinski definition) is 6. The zero-order valence-electron chi connectivity index (χ0n) is 10.7. The molecule has 2 aromatic heterocycles. The average Bonchev–Trinajstić information content (AvgIpc) is 2.92. The van der Waals surface area contributed by atoms with Crippen LogP contribution in [0, 0.1) is 17.0 Å². The normalized spacial score (nSPS) is 14.2. The van der Waals surface area contributed by atoms with Crippen molar-refractivity contribution in [2.75, 3.05) is 0 Å². The Balaban J connectivity index is 2.30. The summed E-state index contributed by atoms with van der Waals surface area (Å²) in [6, 6.07) is 0.